The van der Waals surface area contributed by atoms with Crippen LogP contribution in [0.1, 0.15) is 27.6 Å². The third-order valence-corrected chi connectivity index (χ3v) is 6.26. The standard InChI is InChI=1S/C30H23F2N3O4/c31-22-12-6-19(7-13-22)18-35-26(29(37)34-24-4-2-1-3-5-24)27(39-30(35)38)20-10-16-25(17-11-20)33-28(36)21-8-14-23(32)15-9-21/h1-17,26-27H,18H2,(H,33,36)(H,34,37)/t26-,27-/m1/s1. The van der Waals surface area contributed by atoms with Crippen LogP contribution in [0.25, 0.3) is 0 Å². The highest BCUT2D eigenvalue weighted by atomic mass is 19.1. The number of hydrogen-bond acceptors (Lipinski definition) is 4. The first kappa shape index (κ1) is 25.6. The van der Waals surface area contributed by atoms with Crippen LogP contribution in [-0.2, 0) is 16.1 Å². The Hall–Kier alpha value is -5.05. The maximum absolute atomic E-state index is 13.5. The van der Waals surface area contributed by atoms with Crippen LogP contribution in [0.2, 0.25) is 0 Å². The van der Waals surface area contributed by atoms with Crippen molar-refractivity contribution in [2.75, 3.05) is 10.6 Å². The fourth-order valence-corrected chi connectivity index (χ4v) is 4.29. The molecule has 3 amide bonds. The van der Waals surface area contributed by atoms with Crippen LogP contribution in [0.3, 0.4) is 0 Å². The molecule has 0 radical (unpaired) electrons. The first-order chi connectivity index (χ1) is 18.9. The van der Waals surface area contributed by atoms with Gasteiger partial charge in [0.15, 0.2) is 12.1 Å². The van der Waals surface area contributed by atoms with Crippen molar-refractivity contribution in [1.29, 1.82) is 0 Å². The molecule has 1 aliphatic rings. The number of anilines is 2. The number of rotatable bonds is 7. The summed E-state index contributed by atoms with van der Waals surface area (Å²) in [6, 6.07) is 25.2. The van der Waals surface area contributed by atoms with Crippen LogP contribution in [0.4, 0.5) is 25.0 Å². The number of carbonyl (C=O) groups excluding carboxylic acids is 3. The van der Waals surface area contributed by atoms with Crippen molar-refractivity contribution in [3.63, 3.8) is 0 Å². The molecule has 4 aromatic carbocycles. The van der Waals surface area contributed by atoms with E-state index in [9.17, 15) is 23.2 Å². The number of nitrogens with one attached hydrogen (secondary N) is 2. The second kappa shape index (κ2) is 11.1. The molecule has 2 atom stereocenters. The Balaban J connectivity index is 1.38. The van der Waals surface area contributed by atoms with Gasteiger partial charge in [0.2, 0.25) is 0 Å². The van der Waals surface area contributed by atoms with Crippen LogP contribution in [-0.4, -0.2) is 28.8 Å². The summed E-state index contributed by atoms with van der Waals surface area (Å²) in [6.07, 6.45) is -1.63. The van der Waals surface area contributed by atoms with E-state index in [2.05, 4.69) is 10.6 Å². The van der Waals surface area contributed by atoms with Gasteiger partial charge in [-0.15, -0.1) is 0 Å². The maximum Gasteiger partial charge on any atom is 0.411 e. The molecule has 39 heavy (non-hydrogen) atoms. The third-order valence-electron chi connectivity index (χ3n) is 6.26. The lowest BCUT2D eigenvalue weighted by Crippen LogP contribution is -2.43. The summed E-state index contributed by atoms with van der Waals surface area (Å²) >= 11 is 0. The Labute approximate surface area is 223 Å². The number of halogens is 2. The average molecular weight is 528 g/mol. The topological polar surface area (TPSA) is 87.7 Å². The highest BCUT2D eigenvalue weighted by Crippen LogP contribution is 2.35. The fourth-order valence-electron chi connectivity index (χ4n) is 4.29. The minimum atomic E-state index is -1.03. The SMILES string of the molecule is O=C(Nc1ccc([C@H]2OC(=O)N(Cc3ccc(F)cc3)[C@H]2C(=O)Nc2ccccc2)cc1)c1ccc(F)cc1. The van der Waals surface area contributed by atoms with Gasteiger partial charge in [0, 0.05) is 16.9 Å². The molecule has 1 aliphatic heterocycles. The molecular weight excluding hydrogens is 504 g/mol. The smallest absolute Gasteiger partial charge is 0.411 e. The van der Waals surface area contributed by atoms with Crippen LogP contribution in [0, 0.1) is 11.6 Å². The lowest BCUT2D eigenvalue weighted by atomic mass is 10.00. The molecule has 0 aromatic heterocycles. The number of ether oxygens (including phenoxy) is 1. The van der Waals surface area contributed by atoms with Gasteiger partial charge in [-0.25, -0.2) is 13.6 Å². The second-order valence-corrected chi connectivity index (χ2v) is 8.94. The molecule has 9 heteroatoms. The quantitative estimate of drug-likeness (QED) is 0.313. The molecule has 0 aliphatic carbocycles. The van der Waals surface area contributed by atoms with Gasteiger partial charge in [-0.05, 0) is 71.8 Å². The van der Waals surface area contributed by atoms with Gasteiger partial charge in [-0.2, -0.15) is 0 Å². The van der Waals surface area contributed by atoms with Crippen LogP contribution < -0.4 is 10.6 Å². The van der Waals surface area contributed by atoms with Gasteiger partial charge in [-0.1, -0.05) is 42.5 Å². The molecule has 7 nitrogen and oxygen atoms in total. The molecule has 4 aromatic rings. The van der Waals surface area contributed by atoms with E-state index in [1.807, 2.05) is 6.07 Å². The number of amides is 3. The van der Waals surface area contributed by atoms with E-state index in [1.165, 1.54) is 41.3 Å². The first-order valence-corrected chi connectivity index (χ1v) is 12.1. The molecule has 1 saturated heterocycles. The van der Waals surface area contributed by atoms with Gasteiger partial charge in [0.25, 0.3) is 11.8 Å². The molecule has 0 unspecified atom stereocenters. The Kier molecular flexibility index (Phi) is 7.31. The van der Waals surface area contributed by atoms with Gasteiger partial charge < -0.3 is 15.4 Å². The van der Waals surface area contributed by atoms with Crippen molar-refractivity contribution in [2.24, 2.45) is 0 Å². The lowest BCUT2D eigenvalue weighted by Gasteiger charge is -2.24. The summed E-state index contributed by atoms with van der Waals surface area (Å²) in [4.78, 5) is 40.2. The molecule has 0 saturated carbocycles. The Morgan fingerprint density at radius 2 is 1.33 bits per heavy atom. The summed E-state index contributed by atoms with van der Waals surface area (Å²) in [6.45, 7) is 0.0360. The average Bonchev–Trinajstić information content (AvgIpc) is 3.27. The van der Waals surface area contributed by atoms with Crippen LogP contribution >= 0.6 is 0 Å². The van der Waals surface area contributed by atoms with Gasteiger partial charge in [0.1, 0.15) is 11.6 Å². The monoisotopic (exact) mass is 527 g/mol. The van der Waals surface area contributed by atoms with Crippen molar-refractivity contribution >= 4 is 29.3 Å². The number of benzene rings is 4. The molecule has 1 fully saturated rings. The van der Waals surface area contributed by atoms with Crippen molar-refractivity contribution in [3.05, 3.63) is 131 Å². The summed E-state index contributed by atoms with van der Waals surface area (Å²) in [5, 5.41) is 5.56. The van der Waals surface area contributed by atoms with Crippen molar-refractivity contribution < 1.29 is 27.9 Å². The maximum atomic E-state index is 13.5. The zero-order valence-electron chi connectivity index (χ0n) is 20.5. The van der Waals surface area contributed by atoms with E-state index in [-0.39, 0.29) is 6.54 Å². The van der Waals surface area contributed by atoms with Crippen molar-refractivity contribution in [3.8, 4) is 0 Å². The van der Waals surface area contributed by atoms with Crippen molar-refractivity contribution in [2.45, 2.75) is 18.7 Å². The minimum absolute atomic E-state index is 0.0360. The highest BCUT2D eigenvalue weighted by molar-refractivity contribution is 6.04. The third kappa shape index (κ3) is 5.93. The first-order valence-electron chi connectivity index (χ1n) is 12.1. The highest BCUT2D eigenvalue weighted by Gasteiger charge is 2.47. The van der Waals surface area contributed by atoms with E-state index in [1.54, 1.807) is 60.7 Å². The number of carbonyl (C=O) groups is 3. The molecule has 1 heterocycles. The molecular formula is C30H23F2N3O4. The predicted octanol–water partition coefficient (Wildman–Crippen LogP) is 5.92. The molecule has 5 rings (SSSR count). The normalized spacial score (nSPS) is 16.5. The molecule has 0 bridgehead atoms. The Bertz CT molecular complexity index is 1480. The van der Waals surface area contributed by atoms with Gasteiger partial charge in [-0.3, -0.25) is 14.5 Å². The van der Waals surface area contributed by atoms with Crippen molar-refractivity contribution in [1.82, 2.24) is 4.90 Å². The Morgan fingerprint density at radius 3 is 1.97 bits per heavy atom. The van der Waals surface area contributed by atoms with Crippen LogP contribution in [0.15, 0.2) is 103 Å². The number of para-hydroxylation sites is 1. The van der Waals surface area contributed by atoms with Crippen LogP contribution in [0.5, 0.6) is 0 Å². The predicted molar refractivity (Wildman–Crippen MR) is 141 cm³/mol. The lowest BCUT2D eigenvalue weighted by molar-refractivity contribution is -0.121. The Morgan fingerprint density at radius 1 is 0.744 bits per heavy atom. The van der Waals surface area contributed by atoms with E-state index in [0.29, 0.717) is 28.1 Å². The number of nitrogens with zero attached hydrogens (tertiary/aromatic N) is 1. The largest absolute Gasteiger partial charge is 0.438 e. The molecule has 0 spiro atoms. The summed E-state index contributed by atoms with van der Waals surface area (Å²) in [5.74, 6) is -1.72. The van der Waals surface area contributed by atoms with E-state index >= 15 is 0 Å². The summed E-state index contributed by atoms with van der Waals surface area (Å²) < 4.78 is 32.2. The van der Waals surface area contributed by atoms with Gasteiger partial charge >= 0.3 is 6.09 Å². The van der Waals surface area contributed by atoms with E-state index in [0.717, 1.165) is 0 Å². The number of hydrogen-bond donors (Lipinski definition) is 2. The molecule has 196 valence electrons. The minimum Gasteiger partial charge on any atom is -0.438 e. The zero-order chi connectivity index (χ0) is 27.4. The fraction of sp³-hybridized carbons (Fsp3) is 0.100. The zero-order valence-corrected chi connectivity index (χ0v) is 20.5. The van der Waals surface area contributed by atoms with Gasteiger partial charge in [0.05, 0.1) is 6.54 Å². The van der Waals surface area contributed by atoms with E-state index < -0.39 is 41.7 Å². The van der Waals surface area contributed by atoms with E-state index in [4.69, 9.17) is 4.74 Å². The second-order valence-electron chi connectivity index (χ2n) is 8.94. The number of cyclic esters (lactones) is 1. The summed E-state index contributed by atoms with van der Waals surface area (Å²) in [5.41, 5.74) is 2.48. The summed E-state index contributed by atoms with van der Waals surface area (Å²) in [7, 11) is 0. The molecule has 2 N–H and O–H groups in total.